The van der Waals surface area contributed by atoms with Crippen LogP contribution in [0.1, 0.15) is 72.1 Å². The van der Waals surface area contributed by atoms with E-state index in [1.165, 1.54) is 6.92 Å². The first kappa shape index (κ1) is 19.3. The minimum atomic E-state index is -0.363. The van der Waals surface area contributed by atoms with E-state index in [2.05, 4.69) is 25.9 Å². The van der Waals surface area contributed by atoms with Gasteiger partial charge in [0.2, 0.25) is 0 Å². The minimum absolute atomic E-state index is 0.0000924. The second-order valence-electron chi connectivity index (χ2n) is 10.2. The molecule has 150 valence electrons. The molecule has 4 heteroatoms. The van der Waals surface area contributed by atoms with Gasteiger partial charge in [-0.3, -0.25) is 4.79 Å². The smallest absolute Gasteiger partial charge is 0.316 e. The molecule has 27 heavy (non-hydrogen) atoms. The Balaban J connectivity index is 1.69. The maximum Gasteiger partial charge on any atom is 0.316 e. The van der Waals surface area contributed by atoms with E-state index in [0.29, 0.717) is 23.7 Å². The quantitative estimate of drug-likeness (QED) is 0.503. The van der Waals surface area contributed by atoms with Crippen LogP contribution in [-0.4, -0.2) is 28.4 Å². The van der Waals surface area contributed by atoms with Crippen molar-refractivity contribution >= 4 is 5.97 Å². The summed E-state index contributed by atoms with van der Waals surface area (Å²) in [6, 6.07) is 0. The van der Waals surface area contributed by atoms with Crippen molar-refractivity contribution in [3.8, 4) is 12.0 Å². The van der Waals surface area contributed by atoms with Crippen LogP contribution in [-0.2, 0) is 9.53 Å². The van der Waals surface area contributed by atoms with E-state index in [1.54, 1.807) is 0 Å². The molecule has 4 saturated carbocycles. The van der Waals surface area contributed by atoms with Crippen LogP contribution < -0.4 is 0 Å². The summed E-state index contributed by atoms with van der Waals surface area (Å²) in [5.74, 6) is 5.15. The summed E-state index contributed by atoms with van der Waals surface area (Å²) >= 11 is 0. The summed E-state index contributed by atoms with van der Waals surface area (Å²) < 4.78 is 4.97. The number of aliphatic hydroxyl groups is 2. The number of fused-ring (bicyclic) bond motifs is 5. The summed E-state index contributed by atoms with van der Waals surface area (Å²) in [6.45, 7) is 6.12. The first-order chi connectivity index (χ1) is 12.8. The summed E-state index contributed by atoms with van der Waals surface area (Å²) in [4.78, 5) is 11.2. The molecule has 0 spiro atoms. The Morgan fingerprint density at radius 3 is 2.44 bits per heavy atom. The Morgan fingerprint density at radius 2 is 1.70 bits per heavy atom. The number of carbonyl (C=O) groups excluding carboxylic acids is 1. The largest absolute Gasteiger partial charge is 0.393 e. The normalized spacial score (nSPS) is 51.2. The van der Waals surface area contributed by atoms with Crippen LogP contribution in [0.3, 0.4) is 0 Å². The Kier molecular flexibility index (Phi) is 4.84. The number of hydrogen-bond donors (Lipinski definition) is 2. The Morgan fingerprint density at radius 1 is 1.00 bits per heavy atom. The third-order valence-electron chi connectivity index (χ3n) is 9.08. The zero-order valence-corrected chi connectivity index (χ0v) is 16.9. The molecule has 2 N–H and O–H groups in total. The van der Waals surface area contributed by atoms with Crippen molar-refractivity contribution in [1.29, 1.82) is 0 Å². The number of hydrogen-bond acceptors (Lipinski definition) is 4. The van der Waals surface area contributed by atoms with Crippen molar-refractivity contribution in [3.05, 3.63) is 0 Å². The van der Waals surface area contributed by atoms with E-state index < -0.39 is 0 Å². The van der Waals surface area contributed by atoms with Crippen LogP contribution in [0.5, 0.6) is 0 Å². The lowest BCUT2D eigenvalue weighted by molar-refractivity contribution is -0.147. The fraction of sp³-hybridized carbons (Fsp3) is 0.870. The highest BCUT2D eigenvalue weighted by atomic mass is 16.5. The van der Waals surface area contributed by atoms with Gasteiger partial charge in [0.15, 0.2) is 0 Å². The molecule has 0 aliphatic heterocycles. The average Bonchev–Trinajstić information content (AvgIpc) is 2.91. The molecule has 0 bridgehead atoms. The average molecular weight is 375 g/mol. The highest BCUT2D eigenvalue weighted by Gasteiger charge is 2.62. The van der Waals surface area contributed by atoms with Gasteiger partial charge < -0.3 is 14.9 Å². The fourth-order valence-electron chi connectivity index (χ4n) is 7.54. The van der Waals surface area contributed by atoms with Crippen molar-refractivity contribution in [2.45, 2.75) is 84.3 Å². The second kappa shape index (κ2) is 6.78. The van der Waals surface area contributed by atoms with E-state index >= 15 is 0 Å². The lowest BCUT2D eigenvalue weighted by Gasteiger charge is -2.62. The molecule has 4 aliphatic rings. The van der Waals surface area contributed by atoms with Crippen molar-refractivity contribution in [1.82, 2.24) is 0 Å². The number of aliphatic hydroxyl groups excluding tert-OH is 2. The maximum absolute atomic E-state index is 11.2. The molecule has 0 aromatic rings. The van der Waals surface area contributed by atoms with Crippen molar-refractivity contribution in [2.24, 2.45) is 40.4 Å². The van der Waals surface area contributed by atoms with Gasteiger partial charge >= 0.3 is 5.97 Å². The van der Waals surface area contributed by atoms with Gasteiger partial charge in [0.05, 0.1) is 12.2 Å². The lowest BCUT2D eigenvalue weighted by atomic mass is 9.43. The monoisotopic (exact) mass is 374 g/mol. The van der Waals surface area contributed by atoms with Gasteiger partial charge in [-0.2, -0.15) is 0 Å². The number of ether oxygens (including phenoxy) is 1. The van der Waals surface area contributed by atoms with Gasteiger partial charge in [-0.25, -0.2) is 0 Å². The summed E-state index contributed by atoms with van der Waals surface area (Å²) in [7, 11) is 0. The van der Waals surface area contributed by atoms with Gasteiger partial charge in [-0.1, -0.05) is 19.8 Å². The Hall–Kier alpha value is -1.05. The topological polar surface area (TPSA) is 66.8 Å². The predicted molar refractivity (Wildman–Crippen MR) is 102 cm³/mol. The summed E-state index contributed by atoms with van der Waals surface area (Å²) in [5, 5.41) is 21.0. The van der Waals surface area contributed by atoms with E-state index in [4.69, 9.17) is 4.74 Å². The molecule has 4 rings (SSSR count). The van der Waals surface area contributed by atoms with E-state index in [1.807, 2.05) is 0 Å². The molecule has 4 aliphatic carbocycles. The van der Waals surface area contributed by atoms with Crippen LogP contribution in [0.2, 0.25) is 0 Å². The van der Waals surface area contributed by atoms with E-state index in [-0.39, 0.29) is 34.9 Å². The molecule has 0 saturated heterocycles. The van der Waals surface area contributed by atoms with Crippen LogP contribution in [0.4, 0.5) is 0 Å². The second-order valence-corrected chi connectivity index (χ2v) is 10.2. The Labute approximate surface area is 163 Å². The third kappa shape index (κ3) is 3.02. The molecular weight excluding hydrogens is 340 g/mol. The Bertz CT molecular complexity index is 663. The number of esters is 1. The molecule has 4 nitrogen and oxygen atoms in total. The molecule has 0 heterocycles. The van der Waals surface area contributed by atoms with E-state index in [9.17, 15) is 15.0 Å². The van der Waals surface area contributed by atoms with Gasteiger partial charge in [0.25, 0.3) is 0 Å². The number of rotatable bonds is 0. The summed E-state index contributed by atoms with van der Waals surface area (Å²) in [5.41, 5.74) is 0.262. The van der Waals surface area contributed by atoms with Crippen molar-refractivity contribution in [3.63, 3.8) is 0 Å². The molecule has 4 fully saturated rings. The highest BCUT2D eigenvalue weighted by molar-refractivity contribution is 5.67. The van der Waals surface area contributed by atoms with Crippen molar-refractivity contribution < 1.29 is 19.7 Å². The van der Waals surface area contributed by atoms with Gasteiger partial charge in [-0.05, 0) is 85.9 Å². The zero-order chi connectivity index (χ0) is 19.4. The fourth-order valence-corrected chi connectivity index (χ4v) is 7.54. The van der Waals surface area contributed by atoms with Crippen LogP contribution in [0.15, 0.2) is 0 Å². The molecule has 0 aromatic heterocycles. The maximum atomic E-state index is 11.2. The predicted octanol–water partition coefficient (Wildman–Crippen LogP) is 3.50. The minimum Gasteiger partial charge on any atom is -0.393 e. The third-order valence-corrected chi connectivity index (χ3v) is 9.08. The van der Waals surface area contributed by atoms with Crippen LogP contribution >= 0.6 is 0 Å². The van der Waals surface area contributed by atoms with Crippen LogP contribution in [0, 0.1) is 52.4 Å². The zero-order valence-electron chi connectivity index (χ0n) is 16.9. The first-order valence-electron chi connectivity index (χ1n) is 10.8. The van der Waals surface area contributed by atoms with Crippen molar-refractivity contribution in [2.75, 3.05) is 0 Å². The molecule has 0 aromatic carbocycles. The standard InChI is InChI=1S/C23H34O4/c1-14(24)27-11-8-15-12-16-13-17(25)6-9-22(16,2)19-7-10-23(3)18(21(15)19)4-5-20(23)26/h15-21,25-26H,4-7,9-10,12-13H2,1-3H3/t15?,16?,17?,18-,19+,20?,21-,22-,23-/m0/s1. The highest BCUT2D eigenvalue weighted by Crippen LogP contribution is 2.67. The first-order valence-corrected chi connectivity index (χ1v) is 10.8. The molecule has 9 atom stereocenters. The number of carbonyl (C=O) groups is 1. The van der Waals surface area contributed by atoms with Crippen LogP contribution in [0.25, 0.3) is 0 Å². The SMILES string of the molecule is CC(=O)OC#CC1CC2CC(O)CC[C@]2(C)[C@@H]2CC[C@]3(C)C(O)CC[C@H]3[C@H]12. The van der Waals surface area contributed by atoms with Gasteiger partial charge in [0.1, 0.15) is 6.11 Å². The van der Waals surface area contributed by atoms with Gasteiger partial charge in [-0.15, -0.1) is 0 Å². The summed E-state index contributed by atoms with van der Waals surface area (Å²) in [6.07, 6.45) is 10.3. The van der Waals surface area contributed by atoms with Gasteiger partial charge in [0, 0.05) is 12.8 Å². The molecule has 0 radical (unpaired) electrons. The molecular formula is C23H34O4. The lowest BCUT2D eigenvalue weighted by Crippen LogP contribution is -2.57. The molecule has 4 unspecified atom stereocenters. The van der Waals surface area contributed by atoms with E-state index in [0.717, 1.165) is 51.4 Å². The molecule has 0 amide bonds.